The van der Waals surface area contributed by atoms with Crippen LogP contribution in [0.2, 0.25) is 0 Å². The smallest absolute Gasteiger partial charge is 0.0625 e. The number of hydrogen-bond donors (Lipinski definition) is 0. The Labute approximate surface area is 82.7 Å². The Balaban J connectivity index is 2.10. The minimum atomic E-state index is 0.674. The quantitative estimate of drug-likeness (QED) is 0.534. The fourth-order valence-electron chi connectivity index (χ4n) is 0.969. The van der Waals surface area contributed by atoms with Gasteiger partial charge in [0, 0.05) is 24.6 Å². The van der Waals surface area contributed by atoms with Gasteiger partial charge in [0.05, 0.1) is 12.3 Å². The standard InChI is InChI=1S/C9H13N3S/c1-12-8-9(7-11-12)13-6-4-2-3-5-10/h7-8H,2-4,6H2,1H3. The second kappa shape index (κ2) is 5.65. The van der Waals surface area contributed by atoms with Crippen LogP contribution < -0.4 is 0 Å². The molecular weight excluding hydrogens is 182 g/mol. The van der Waals surface area contributed by atoms with Crippen LogP contribution in [0.5, 0.6) is 0 Å². The number of unbranched alkanes of at least 4 members (excludes halogenated alkanes) is 2. The van der Waals surface area contributed by atoms with Crippen LogP contribution in [0.15, 0.2) is 17.3 Å². The summed E-state index contributed by atoms with van der Waals surface area (Å²) >= 11 is 1.80. The second-order valence-corrected chi connectivity index (χ2v) is 3.98. The lowest BCUT2D eigenvalue weighted by molar-refractivity contribution is 0.766. The number of thioether (sulfide) groups is 1. The molecule has 0 unspecified atom stereocenters. The van der Waals surface area contributed by atoms with E-state index in [1.165, 1.54) is 4.90 Å². The molecule has 0 aliphatic heterocycles. The zero-order chi connectivity index (χ0) is 9.52. The van der Waals surface area contributed by atoms with E-state index in [1.807, 2.05) is 19.4 Å². The molecule has 1 aromatic rings. The van der Waals surface area contributed by atoms with Gasteiger partial charge in [-0.25, -0.2) is 0 Å². The van der Waals surface area contributed by atoms with Crippen molar-refractivity contribution in [3.63, 3.8) is 0 Å². The van der Waals surface area contributed by atoms with Gasteiger partial charge in [-0.05, 0) is 18.6 Å². The summed E-state index contributed by atoms with van der Waals surface area (Å²) in [6.45, 7) is 0. The van der Waals surface area contributed by atoms with E-state index in [0.717, 1.165) is 18.6 Å². The zero-order valence-electron chi connectivity index (χ0n) is 7.73. The summed E-state index contributed by atoms with van der Waals surface area (Å²) in [6, 6.07) is 2.14. The van der Waals surface area contributed by atoms with Gasteiger partial charge in [-0.3, -0.25) is 4.68 Å². The summed E-state index contributed by atoms with van der Waals surface area (Å²) in [7, 11) is 1.92. The van der Waals surface area contributed by atoms with Gasteiger partial charge >= 0.3 is 0 Å². The molecule has 0 aromatic carbocycles. The average Bonchev–Trinajstić information content (AvgIpc) is 2.51. The first-order chi connectivity index (χ1) is 6.33. The number of aromatic nitrogens is 2. The first-order valence-electron chi connectivity index (χ1n) is 4.31. The van der Waals surface area contributed by atoms with Gasteiger partial charge in [0.1, 0.15) is 0 Å². The van der Waals surface area contributed by atoms with Crippen molar-refractivity contribution < 1.29 is 0 Å². The largest absolute Gasteiger partial charge is 0.275 e. The SMILES string of the molecule is Cn1cc(SCCCCC#N)cn1. The summed E-state index contributed by atoms with van der Waals surface area (Å²) in [4.78, 5) is 1.21. The Bertz CT molecular complexity index is 287. The molecule has 0 spiro atoms. The molecular formula is C9H13N3S. The average molecular weight is 195 g/mol. The van der Waals surface area contributed by atoms with E-state index in [-0.39, 0.29) is 0 Å². The number of aryl methyl sites for hydroxylation is 1. The monoisotopic (exact) mass is 195 g/mol. The van der Waals surface area contributed by atoms with Crippen molar-refractivity contribution >= 4 is 11.8 Å². The summed E-state index contributed by atoms with van der Waals surface area (Å²) in [5.74, 6) is 1.08. The Kier molecular flexibility index (Phi) is 4.41. The van der Waals surface area contributed by atoms with E-state index in [1.54, 1.807) is 16.4 Å². The minimum absolute atomic E-state index is 0.674. The molecule has 0 fully saturated rings. The van der Waals surface area contributed by atoms with Crippen molar-refractivity contribution in [3.05, 3.63) is 12.4 Å². The summed E-state index contributed by atoms with van der Waals surface area (Å²) < 4.78 is 1.80. The fourth-order valence-corrected chi connectivity index (χ4v) is 1.90. The highest BCUT2D eigenvalue weighted by Crippen LogP contribution is 2.17. The topological polar surface area (TPSA) is 41.6 Å². The van der Waals surface area contributed by atoms with Crippen molar-refractivity contribution in [1.29, 1.82) is 5.26 Å². The van der Waals surface area contributed by atoms with Crippen LogP contribution in [0.4, 0.5) is 0 Å². The van der Waals surface area contributed by atoms with Crippen LogP contribution in [0.1, 0.15) is 19.3 Å². The van der Waals surface area contributed by atoms with Crippen LogP contribution in [0.3, 0.4) is 0 Å². The van der Waals surface area contributed by atoms with Crippen molar-refractivity contribution in [3.8, 4) is 6.07 Å². The maximum atomic E-state index is 8.32. The maximum Gasteiger partial charge on any atom is 0.0625 e. The number of rotatable bonds is 5. The molecule has 0 saturated heterocycles. The molecule has 4 heteroatoms. The molecule has 0 amide bonds. The molecule has 0 atom stereocenters. The number of hydrogen-bond acceptors (Lipinski definition) is 3. The van der Waals surface area contributed by atoms with Crippen molar-refractivity contribution in [2.45, 2.75) is 24.2 Å². The molecule has 13 heavy (non-hydrogen) atoms. The van der Waals surface area contributed by atoms with Gasteiger partial charge in [-0.15, -0.1) is 11.8 Å². The third-order valence-corrected chi connectivity index (χ3v) is 2.67. The molecule has 1 heterocycles. The van der Waals surface area contributed by atoms with Gasteiger partial charge < -0.3 is 0 Å². The van der Waals surface area contributed by atoms with Gasteiger partial charge in [0.25, 0.3) is 0 Å². The Morgan fingerprint density at radius 2 is 2.46 bits per heavy atom. The van der Waals surface area contributed by atoms with Crippen LogP contribution in [0, 0.1) is 11.3 Å². The molecule has 1 aromatic heterocycles. The first-order valence-corrected chi connectivity index (χ1v) is 5.30. The highest BCUT2D eigenvalue weighted by Gasteiger charge is 1.95. The maximum absolute atomic E-state index is 8.32. The third-order valence-electron chi connectivity index (χ3n) is 1.63. The molecule has 0 radical (unpaired) electrons. The highest BCUT2D eigenvalue weighted by atomic mass is 32.2. The van der Waals surface area contributed by atoms with Gasteiger partial charge in [-0.1, -0.05) is 0 Å². The summed E-state index contributed by atoms with van der Waals surface area (Å²) in [5, 5.41) is 12.4. The lowest BCUT2D eigenvalue weighted by atomic mass is 10.3. The van der Waals surface area contributed by atoms with E-state index < -0.39 is 0 Å². The fraction of sp³-hybridized carbons (Fsp3) is 0.556. The molecule has 0 aliphatic carbocycles. The van der Waals surface area contributed by atoms with Crippen LogP contribution >= 0.6 is 11.8 Å². The Morgan fingerprint density at radius 1 is 1.62 bits per heavy atom. The molecule has 0 aliphatic rings. The lowest BCUT2D eigenvalue weighted by Crippen LogP contribution is -1.84. The predicted molar refractivity (Wildman–Crippen MR) is 53.4 cm³/mol. The predicted octanol–water partition coefficient (Wildman–Crippen LogP) is 2.21. The van der Waals surface area contributed by atoms with Crippen LogP contribution in [-0.4, -0.2) is 15.5 Å². The van der Waals surface area contributed by atoms with E-state index in [4.69, 9.17) is 5.26 Å². The number of nitrogens with zero attached hydrogens (tertiary/aromatic N) is 3. The van der Waals surface area contributed by atoms with E-state index >= 15 is 0 Å². The van der Waals surface area contributed by atoms with Gasteiger partial charge in [-0.2, -0.15) is 10.4 Å². The van der Waals surface area contributed by atoms with Gasteiger partial charge in [0.2, 0.25) is 0 Å². The highest BCUT2D eigenvalue weighted by molar-refractivity contribution is 7.99. The number of nitriles is 1. The van der Waals surface area contributed by atoms with Crippen molar-refractivity contribution in [1.82, 2.24) is 9.78 Å². The third kappa shape index (κ3) is 4.00. The molecule has 0 N–H and O–H groups in total. The normalized spacial score (nSPS) is 9.85. The van der Waals surface area contributed by atoms with Crippen molar-refractivity contribution in [2.24, 2.45) is 7.05 Å². The lowest BCUT2D eigenvalue weighted by Gasteiger charge is -1.95. The molecule has 3 nitrogen and oxygen atoms in total. The molecule has 0 saturated carbocycles. The van der Waals surface area contributed by atoms with E-state index in [9.17, 15) is 0 Å². The minimum Gasteiger partial charge on any atom is -0.275 e. The summed E-state index contributed by atoms with van der Waals surface area (Å²) in [5.41, 5.74) is 0. The van der Waals surface area contributed by atoms with Gasteiger partial charge in [0.15, 0.2) is 0 Å². The van der Waals surface area contributed by atoms with E-state index in [0.29, 0.717) is 6.42 Å². The Hall–Kier alpha value is -0.950. The zero-order valence-corrected chi connectivity index (χ0v) is 8.55. The van der Waals surface area contributed by atoms with E-state index in [2.05, 4.69) is 11.2 Å². The van der Waals surface area contributed by atoms with Crippen LogP contribution in [0.25, 0.3) is 0 Å². The molecule has 0 bridgehead atoms. The first kappa shape index (κ1) is 10.1. The summed E-state index contributed by atoms with van der Waals surface area (Å²) in [6.07, 6.45) is 6.66. The van der Waals surface area contributed by atoms with Crippen molar-refractivity contribution in [2.75, 3.05) is 5.75 Å². The Morgan fingerprint density at radius 3 is 3.08 bits per heavy atom. The second-order valence-electron chi connectivity index (χ2n) is 2.81. The molecule has 1 rings (SSSR count). The van der Waals surface area contributed by atoms with Crippen LogP contribution in [-0.2, 0) is 7.05 Å². The molecule has 70 valence electrons.